The second-order valence-corrected chi connectivity index (χ2v) is 6.74. The molecule has 6 nitrogen and oxygen atoms in total. The predicted octanol–water partition coefficient (Wildman–Crippen LogP) is 4.53. The molecule has 3 rings (SSSR count). The third-order valence-electron chi connectivity index (χ3n) is 4.61. The van der Waals surface area contributed by atoms with Crippen molar-refractivity contribution in [1.29, 1.82) is 0 Å². The highest BCUT2D eigenvalue weighted by Gasteiger charge is 2.06. The van der Waals surface area contributed by atoms with Gasteiger partial charge in [0.2, 0.25) is 0 Å². The number of nitrogens with zero attached hydrogens (tertiary/aromatic N) is 2. The zero-order valence-electron chi connectivity index (χ0n) is 17.5. The van der Waals surface area contributed by atoms with Gasteiger partial charge in [-0.15, -0.1) is 24.0 Å². The number of hydrogen-bond donors (Lipinski definition) is 3. The Morgan fingerprint density at radius 2 is 1.77 bits per heavy atom. The van der Waals surface area contributed by atoms with Gasteiger partial charge in [0, 0.05) is 20.2 Å². The van der Waals surface area contributed by atoms with Crippen LogP contribution >= 0.6 is 24.0 Å². The van der Waals surface area contributed by atoms with E-state index in [2.05, 4.69) is 56.8 Å². The van der Waals surface area contributed by atoms with Crippen LogP contribution in [0.5, 0.6) is 0 Å². The number of ether oxygens (including phenoxy) is 1. The minimum absolute atomic E-state index is 0. The molecule has 1 atom stereocenters. The first kappa shape index (κ1) is 23.9. The fraction of sp³-hybridized carbons (Fsp3) is 0.304. The van der Waals surface area contributed by atoms with Crippen molar-refractivity contribution in [3.05, 3.63) is 78.2 Å². The van der Waals surface area contributed by atoms with Crippen LogP contribution in [0.4, 0.5) is 0 Å². The maximum Gasteiger partial charge on any atom is 0.191 e. The molecule has 0 aliphatic heterocycles. The van der Waals surface area contributed by atoms with Gasteiger partial charge < -0.3 is 20.4 Å². The van der Waals surface area contributed by atoms with Crippen molar-refractivity contribution in [3.8, 4) is 11.3 Å². The van der Waals surface area contributed by atoms with Gasteiger partial charge in [-0.05, 0) is 24.5 Å². The van der Waals surface area contributed by atoms with E-state index in [-0.39, 0.29) is 30.1 Å². The maximum atomic E-state index is 5.90. The number of aromatic nitrogens is 2. The largest absolute Gasteiger partial charge is 0.374 e. The lowest BCUT2D eigenvalue weighted by Crippen LogP contribution is -2.37. The Morgan fingerprint density at radius 3 is 2.47 bits per heavy atom. The van der Waals surface area contributed by atoms with E-state index >= 15 is 0 Å². The zero-order chi connectivity index (χ0) is 20.3. The number of hydrogen-bond acceptors (Lipinski definition) is 3. The van der Waals surface area contributed by atoms with Crippen molar-refractivity contribution in [1.82, 2.24) is 20.6 Å². The van der Waals surface area contributed by atoms with Crippen LogP contribution in [0.2, 0.25) is 0 Å². The highest BCUT2D eigenvalue weighted by Crippen LogP contribution is 2.16. The van der Waals surface area contributed by atoms with Crippen molar-refractivity contribution in [3.63, 3.8) is 0 Å². The van der Waals surface area contributed by atoms with Crippen molar-refractivity contribution in [2.45, 2.75) is 26.0 Å². The van der Waals surface area contributed by atoms with E-state index in [1.54, 1.807) is 7.05 Å². The third kappa shape index (κ3) is 7.46. The van der Waals surface area contributed by atoms with Crippen LogP contribution in [0, 0.1) is 0 Å². The van der Waals surface area contributed by atoms with Gasteiger partial charge in [0.05, 0.1) is 24.5 Å². The second-order valence-electron chi connectivity index (χ2n) is 6.74. The standard InChI is InChI=1S/C23H29N5O.HI/c1-18(19-10-5-3-6-11-19)29-15-9-14-25-23(24-2)27-17-22-26-16-21(28-22)20-12-7-4-8-13-20;/h3-8,10-13,16,18H,9,14-15,17H2,1-2H3,(H,26,28)(H2,24,25,27);1H. The lowest BCUT2D eigenvalue weighted by molar-refractivity contribution is 0.0646. The molecule has 0 amide bonds. The van der Waals surface area contributed by atoms with E-state index in [9.17, 15) is 0 Å². The molecule has 160 valence electrons. The summed E-state index contributed by atoms with van der Waals surface area (Å²) in [5.41, 5.74) is 3.33. The molecule has 0 radical (unpaired) electrons. The Kier molecular flexibility index (Phi) is 10.4. The summed E-state index contributed by atoms with van der Waals surface area (Å²) in [5.74, 6) is 1.62. The van der Waals surface area contributed by atoms with Gasteiger partial charge in [0.25, 0.3) is 0 Å². The Hall–Kier alpha value is -2.39. The number of H-pyrrole nitrogens is 1. The SMILES string of the molecule is CN=C(NCCCOC(C)c1ccccc1)NCc1ncc(-c2ccccc2)[nH]1.I. The minimum Gasteiger partial charge on any atom is -0.374 e. The smallest absolute Gasteiger partial charge is 0.191 e. The molecule has 0 spiro atoms. The molecular formula is C23H30IN5O. The van der Waals surface area contributed by atoms with Crippen molar-refractivity contribution in [2.24, 2.45) is 4.99 Å². The number of nitrogens with one attached hydrogen (secondary N) is 3. The Bertz CT molecular complexity index is 883. The molecule has 0 aliphatic carbocycles. The maximum absolute atomic E-state index is 5.90. The number of aromatic amines is 1. The van der Waals surface area contributed by atoms with Crippen LogP contribution in [-0.4, -0.2) is 36.1 Å². The highest BCUT2D eigenvalue weighted by molar-refractivity contribution is 14.0. The van der Waals surface area contributed by atoms with E-state index in [0.29, 0.717) is 13.2 Å². The highest BCUT2D eigenvalue weighted by atomic mass is 127. The normalized spacial score (nSPS) is 12.1. The topological polar surface area (TPSA) is 74.3 Å². The average Bonchev–Trinajstić information content (AvgIpc) is 3.26. The summed E-state index contributed by atoms with van der Waals surface area (Å²) in [5, 5.41) is 6.59. The van der Waals surface area contributed by atoms with Crippen LogP contribution in [0.15, 0.2) is 71.9 Å². The summed E-state index contributed by atoms with van der Waals surface area (Å²) in [6, 6.07) is 20.4. The molecule has 0 fully saturated rings. The average molecular weight is 519 g/mol. The van der Waals surface area contributed by atoms with Gasteiger partial charge in [-0.3, -0.25) is 4.99 Å². The number of imidazole rings is 1. The molecule has 3 aromatic rings. The fourth-order valence-corrected chi connectivity index (χ4v) is 2.96. The van der Waals surface area contributed by atoms with Crippen molar-refractivity contribution < 1.29 is 4.74 Å². The Balaban J connectivity index is 0.00000320. The number of benzene rings is 2. The number of aliphatic imine (C=N–C) groups is 1. The van der Waals surface area contributed by atoms with Gasteiger partial charge >= 0.3 is 0 Å². The summed E-state index contributed by atoms with van der Waals surface area (Å²) in [7, 11) is 1.76. The van der Waals surface area contributed by atoms with Crippen LogP contribution in [0.25, 0.3) is 11.3 Å². The molecule has 1 unspecified atom stereocenters. The lowest BCUT2D eigenvalue weighted by atomic mass is 10.1. The Morgan fingerprint density at radius 1 is 1.07 bits per heavy atom. The number of halogens is 1. The molecule has 30 heavy (non-hydrogen) atoms. The molecule has 3 N–H and O–H groups in total. The number of rotatable bonds is 9. The monoisotopic (exact) mass is 519 g/mol. The van der Waals surface area contributed by atoms with E-state index in [0.717, 1.165) is 36.0 Å². The quantitative estimate of drug-likeness (QED) is 0.168. The molecular weight excluding hydrogens is 489 g/mol. The summed E-state index contributed by atoms with van der Waals surface area (Å²) in [4.78, 5) is 12.0. The number of guanidine groups is 1. The first-order chi connectivity index (χ1) is 14.3. The van der Waals surface area contributed by atoms with E-state index in [1.807, 2.05) is 42.6 Å². The van der Waals surface area contributed by atoms with E-state index in [4.69, 9.17) is 4.74 Å². The molecule has 0 aliphatic rings. The summed E-state index contributed by atoms with van der Waals surface area (Å²) >= 11 is 0. The van der Waals surface area contributed by atoms with Crippen LogP contribution in [0.3, 0.4) is 0 Å². The molecule has 1 heterocycles. The van der Waals surface area contributed by atoms with Gasteiger partial charge in [-0.25, -0.2) is 4.98 Å². The molecule has 1 aromatic heterocycles. The minimum atomic E-state index is 0. The van der Waals surface area contributed by atoms with Crippen molar-refractivity contribution >= 4 is 29.9 Å². The van der Waals surface area contributed by atoms with Crippen LogP contribution in [0.1, 0.15) is 30.8 Å². The van der Waals surface area contributed by atoms with Crippen LogP contribution < -0.4 is 10.6 Å². The Labute approximate surface area is 195 Å². The predicted molar refractivity (Wildman–Crippen MR) is 133 cm³/mol. The van der Waals surface area contributed by atoms with E-state index in [1.165, 1.54) is 5.56 Å². The first-order valence-corrected chi connectivity index (χ1v) is 9.96. The second kappa shape index (κ2) is 13.0. The molecule has 0 saturated carbocycles. The molecule has 0 saturated heterocycles. The van der Waals surface area contributed by atoms with E-state index < -0.39 is 0 Å². The molecule has 7 heteroatoms. The zero-order valence-corrected chi connectivity index (χ0v) is 19.8. The van der Waals surface area contributed by atoms with Gasteiger partial charge in [-0.2, -0.15) is 0 Å². The third-order valence-corrected chi connectivity index (χ3v) is 4.61. The lowest BCUT2D eigenvalue weighted by Gasteiger charge is -2.14. The van der Waals surface area contributed by atoms with Gasteiger partial charge in [0.1, 0.15) is 5.82 Å². The van der Waals surface area contributed by atoms with Gasteiger partial charge in [0.15, 0.2) is 5.96 Å². The van der Waals surface area contributed by atoms with Crippen LogP contribution in [-0.2, 0) is 11.3 Å². The summed E-state index contributed by atoms with van der Waals surface area (Å²) < 4.78 is 5.90. The fourth-order valence-electron chi connectivity index (χ4n) is 2.96. The van der Waals surface area contributed by atoms with Crippen molar-refractivity contribution in [2.75, 3.05) is 20.2 Å². The summed E-state index contributed by atoms with van der Waals surface area (Å²) in [6.45, 7) is 4.14. The first-order valence-electron chi connectivity index (χ1n) is 9.96. The molecule has 0 bridgehead atoms. The summed E-state index contributed by atoms with van der Waals surface area (Å²) in [6.07, 6.45) is 2.86. The van der Waals surface area contributed by atoms with Gasteiger partial charge in [-0.1, -0.05) is 60.7 Å². The molecule has 2 aromatic carbocycles.